The van der Waals surface area contributed by atoms with Gasteiger partial charge < -0.3 is 10.2 Å². The molecule has 1 aromatic heterocycles. The van der Waals surface area contributed by atoms with E-state index in [2.05, 4.69) is 27.1 Å². The molecule has 120 valence electrons. The summed E-state index contributed by atoms with van der Waals surface area (Å²) in [4.78, 5) is 23.3. The molecule has 1 aliphatic carbocycles. The molecule has 0 radical (unpaired) electrons. The average molecular weight is 302 g/mol. The van der Waals surface area contributed by atoms with E-state index in [1.807, 2.05) is 0 Å². The Labute approximate surface area is 132 Å². The van der Waals surface area contributed by atoms with Crippen LogP contribution in [0.2, 0.25) is 0 Å². The second-order valence-corrected chi connectivity index (χ2v) is 6.76. The van der Waals surface area contributed by atoms with Crippen molar-refractivity contribution in [3.63, 3.8) is 0 Å². The standard InChI is InChI=1S/C17H26N4O/c1-13-6-5-9-21(12-13)16-11-18-15(10-19-16)17(22)20-14-7-3-2-4-8-14/h10-11,13-14H,2-9,12H2,1H3,(H,20,22). The van der Waals surface area contributed by atoms with Gasteiger partial charge in [0, 0.05) is 19.1 Å². The minimum absolute atomic E-state index is 0.0852. The van der Waals surface area contributed by atoms with E-state index in [0.29, 0.717) is 17.7 Å². The Bertz CT molecular complexity index is 496. The summed E-state index contributed by atoms with van der Waals surface area (Å²) >= 11 is 0. The number of rotatable bonds is 3. The number of piperidine rings is 1. The zero-order valence-electron chi connectivity index (χ0n) is 13.4. The van der Waals surface area contributed by atoms with Gasteiger partial charge in [0.2, 0.25) is 0 Å². The van der Waals surface area contributed by atoms with Gasteiger partial charge in [0.15, 0.2) is 0 Å². The highest BCUT2D eigenvalue weighted by Gasteiger charge is 2.20. The number of nitrogens with zero attached hydrogens (tertiary/aromatic N) is 3. The molecule has 2 fully saturated rings. The van der Waals surface area contributed by atoms with Crippen molar-refractivity contribution in [2.45, 2.75) is 57.9 Å². The zero-order chi connectivity index (χ0) is 15.4. The summed E-state index contributed by atoms with van der Waals surface area (Å²) in [5, 5.41) is 3.09. The zero-order valence-corrected chi connectivity index (χ0v) is 13.4. The van der Waals surface area contributed by atoms with Gasteiger partial charge in [-0.15, -0.1) is 0 Å². The highest BCUT2D eigenvalue weighted by Crippen LogP contribution is 2.21. The molecule has 3 rings (SSSR count). The van der Waals surface area contributed by atoms with E-state index in [9.17, 15) is 4.79 Å². The number of hydrogen-bond donors (Lipinski definition) is 1. The van der Waals surface area contributed by atoms with Crippen LogP contribution in [0.4, 0.5) is 5.82 Å². The minimum atomic E-state index is -0.0852. The van der Waals surface area contributed by atoms with Gasteiger partial charge in [-0.2, -0.15) is 0 Å². The molecule has 0 bridgehead atoms. The van der Waals surface area contributed by atoms with Gasteiger partial charge in [-0.3, -0.25) is 4.79 Å². The van der Waals surface area contributed by atoms with E-state index in [4.69, 9.17) is 0 Å². The highest BCUT2D eigenvalue weighted by molar-refractivity contribution is 5.92. The van der Waals surface area contributed by atoms with Crippen LogP contribution >= 0.6 is 0 Å². The van der Waals surface area contributed by atoms with Crippen LogP contribution in [0.25, 0.3) is 0 Å². The van der Waals surface area contributed by atoms with Crippen LogP contribution in [-0.2, 0) is 0 Å². The number of aromatic nitrogens is 2. The minimum Gasteiger partial charge on any atom is -0.355 e. The first-order valence-electron chi connectivity index (χ1n) is 8.60. The van der Waals surface area contributed by atoms with E-state index in [1.165, 1.54) is 32.1 Å². The Morgan fingerprint density at radius 1 is 1.14 bits per heavy atom. The third kappa shape index (κ3) is 3.76. The topological polar surface area (TPSA) is 58.1 Å². The molecular weight excluding hydrogens is 276 g/mol. The van der Waals surface area contributed by atoms with Crippen LogP contribution in [0, 0.1) is 5.92 Å². The summed E-state index contributed by atoms with van der Waals surface area (Å²) in [7, 11) is 0. The normalized spacial score (nSPS) is 23.3. The molecule has 1 amide bonds. The SMILES string of the molecule is CC1CCCN(c2cnc(C(=O)NC3CCCCC3)cn2)C1. The number of carbonyl (C=O) groups is 1. The van der Waals surface area contributed by atoms with Crippen LogP contribution in [0.3, 0.4) is 0 Å². The summed E-state index contributed by atoms with van der Waals surface area (Å²) in [5.41, 5.74) is 0.430. The quantitative estimate of drug-likeness (QED) is 0.933. The van der Waals surface area contributed by atoms with E-state index in [-0.39, 0.29) is 5.91 Å². The van der Waals surface area contributed by atoms with Gasteiger partial charge in [-0.05, 0) is 31.6 Å². The van der Waals surface area contributed by atoms with Gasteiger partial charge in [0.1, 0.15) is 11.5 Å². The van der Waals surface area contributed by atoms with Gasteiger partial charge in [0.25, 0.3) is 5.91 Å². The molecule has 2 heterocycles. The number of hydrogen-bond acceptors (Lipinski definition) is 4. The lowest BCUT2D eigenvalue weighted by Crippen LogP contribution is -2.37. The Morgan fingerprint density at radius 3 is 2.64 bits per heavy atom. The van der Waals surface area contributed by atoms with Gasteiger partial charge >= 0.3 is 0 Å². The predicted octanol–water partition coefficient (Wildman–Crippen LogP) is 2.78. The van der Waals surface area contributed by atoms with Crippen LogP contribution in [-0.4, -0.2) is 35.0 Å². The number of anilines is 1. The summed E-state index contributed by atoms with van der Waals surface area (Å²) in [6.45, 7) is 4.33. The lowest BCUT2D eigenvalue weighted by molar-refractivity contribution is 0.0922. The molecule has 1 saturated carbocycles. The Balaban J connectivity index is 1.59. The maximum Gasteiger partial charge on any atom is 0.271 e. The first-order valence-corrected chi connectivity index (χ1v) is 8.60. The molecule has 2 aliphatic rings. The van der Waals surface area contributed by atoms with E-state index < -0.39 is 0 Å². The van der Waals surface area contributed by atoms with E-state index >= 15 is 0 Å². The first kappa shape index (κ1) is 15.3. The summed E-state index contributed by atoms with van der Waals surface area (Å²) in [5.74, 6) is 1.50. The maximum atomic E-state index is 12.2. The van der Waals surface area contributed by atoms with Crippen molar-refractivity contribution < 1.29 is 4.79 Å². The van der Waals surface area contributed by atoms with Crippen molar-refractivity contribution in [3.8, 4) is 0 Å². The van der Waals surface area contributed by atoms with E-state index in [1.54, 1.807) is 12.4 Å². The van der Waals surface area contributed by atoms with Gasteiger partial charge in [-0.25, -0.2) is 9.97 Å². The van der Waals surface area contributed by atoms with Crippen LogP contribution in [0.1, 0.15) is 62.4 Å². The number of carbonyl (C=O) groups excluding carboxylic acids is 1. The van der Waals surface area contributed by atoms with Crippen molar-refractivity contribution in [2.24, 2.45) is 5.92 Å². The van der Waals surface area contributed by atoms with Crippen LogP contribution in [0.5, 0.6) is 0 Å². The Morgan fingerprint density at radius 2 is 1.95 bits per heavy atom. The molecular formula is C17H26N4O. The van der Waals surface area contributed by atoms with Crippen LogP contribution in [0.15, 0.2) is 12.4 Å². The first-order chi connectivity index (χ1) is 10.7. The number of nitrogens with one attached hydrogen (secondary N) is 1. The molecule has 5 heteroatoms. The largest absolute Gasteiger partial charge is 0.355 e. The van der Waals surface area contributed by atoms with Crippen molar-refractivity contribution in [3.05, 3.63) is 18.1 Å². The molecule has 1 aliphatic heterocycles. The maximum absolute atomic E-state index is 12.2. The average Bonchev–Trinajstić information content (AvgIpc) is 2.56. The van der Waals surface area contributed by atoms with Crippen LogP contribution < -0.4 is 10.2 Å². The molecule has 1 unspecified atom stereocenters. The molecule has 22 heavy (non-hydrogen) atoms. The van der Waals surface area contributed by atoms with E-state index in [0.717, 1.165) is 31.7 Å². The predicted molar refractivity (Wildman–Crippen MR) is 87.0 cm³/mol. The fourth-order valence-corrected chi connectivity index (χ4v) is 3.51. The Kier molecular flexibility index (Phi) is 4.90. The fourth-order valence-electron chi connectivity index (χ4n) is 3.51. The Hall–Kier alpha value is -1.65. The third-order valence-corrected chi connectivity index (χ3v) is 4.79. The number of amides is 1. The summed E-state index contributed by atoms with van der Waals surface area (Å²) in [6.07, 6.45) is 11.7. The third-order valence-electron chi connectivity index (χ3n) is 4.79. The summed E-state index contributed by atoms with van der Waals surface area (Å²) in [6, 6.07) is 0.311. The molecule has 0 aromatic carbocycles. The van der Waals surface area contributed by atoms with Gasteiger partial charge in [-0.1, -0.05) is 26.2 Å². The van der Waals surface area contributed by atoms with Crippen molar-refractivity contribution in [1.29, 1.82) is 0 Å². The highest BCUT2D eigenvalue weighted by atomic mass is 16.1. The molecule has 1 aromatic rings. The second-order valence-electron chi connectivity index (χ2n) is 6.76. The molecule has 0 spiro atoms. The van der Waals surface area contributed by atoms with Gasteiger partial charge in [0.05, 0.1) is 12.4 Å². The van der Waals surface area contributed by atoms with Crippen molar-refractivity contribution in [2.75, 3.05) is 18.0 Å². The van der Waals surface area contributed by atoms with Crippen molar-refractivity contribution >= 4 is 11.7 Å². The lowest BCUT2D eigenvalue weighted by atomic mass is 9.95. The summed E-state index contributed by atoms with van der Waals surface area (Å²) < 4.78 is 0. The molecule has 1 atom stereocenters. The lowest BCUT2D eigenvalue weighted by Gasteiger charge is -2.31. The second kappa shape index (κ2) is 7.07. The molecule has 1 saturated heterocycles. The monoisotopic (exact) mass is 302 g/mol. The smallest absolute Gasteiger partial charge is 0.271 e. The molecule has 1 N–H and O–H groups in total. The molecule has 5 nitrogen and oxygen atoms in total. The fraction of sp³-hybridized carbons (Fsp3) is 0.706. The van der Waals surface area contributed by atoms with Crippen molar-refractivity contribution in [1.82, 2.24) is 15.3 Å².